The molecule has 9 nitrogen and oxygen atoms in total. The topological polar surface area (TPSA) is 113 Å². The number of carboxylic acid groups (broad SMARTS) is 1. The summed E-state index contributed by atoms with van der Waals surface area (Å²) in [5.74, 6) is -2.21. The molecule has 2 N–H and O–H groups in total. The van der Waals surface area contributed by atoms with E-state index in [0.29, 0.717) is 24.6 Å². The smallest absolute Gasteiger partial charge is 0.357 e. The molecular formula is C21H20F2N6O3. The van der Waals surface area contributed by atoms with Crippen molar-refractivity contribution in [1.29, 1.82) is 0 Å². The number of aromatic nitrogens is 4. The summed E-state index contributed by atoms with van der Waals surface area (Å²) in [6.07, 6.45) is 0.989. The molecule has 1 aromatic carbocycles. The van der Waals surface area contributed by atoms with Gasteiger partial charge in [-0.05, 0) is 37.6 Å². The van der Waals surface area contributed by atoms with Crippen molar-refractivity contribution in [3.05, 3.63) is 53.9 Å². The van der Waals surface area contributed by atoms with Gasteiger partial charge in [-0.2, -0.15) is 4.98 Å². The molecule has 1 saturated heterocycles. The van der Waals surface area contributed by atoms with Gasteiger partial charge in [0, 0.05) is 18.7 Å². The summed E-state index contributed by atoms with van der Waals surface area (Å²) < 4.78 is 33.4. The molecule has 0 amide bonds. The van der Waals surface area contributed by atoms with Crippen LogP contribution in [0.3, 0.4) is 0 Å². The number of carboxylic acids is 1. The molecule has 4 rings (SSSR count). The summed E-state index contributed by atoms with van der Waals surface area (Å²) >= 11 is 0. The highest BCUT2D eigenvalue weighted by atomic mass is 19.1. The molecule has 2 aromatic heterocycles. The minimum absolute atomic E-state index is 0.0310. The van der Waals surface area contributed by atoms with E-state index in [9.17, 15) is 18.7 Å². The second kappa shape index (κ2) is 8.79. The Balaban J connectivity index is 1.66. The quantitative estimate of drug-likeness (QED) is 0.615. The van der Waals surface area contributed by atoms with E-state index in [1.807, 2.05) is 18.7 Å². The minimum Gasteiger partial charge on any atom is -0.476 e. The van der Waals surface area contributed by atoms with Gasteiger partial charge >= 0.3 is 5.97 Å². The van der Waals surface area contributed by atoms with E-state index in [1.165, 1.54) is 30.3 Å². The fraction of sp³-hybridized carbons (Fsp3) is 0.286. The van der Waals surface area contributed by atoms with E-state index in [4.69, 9.17) is 4.74 Å². The van der Waals surface area contributed by atoms with Crippen LogP contribution in [0.1, 0.15) is 24.3 Å². The van der Waals surface area contributed by atoms with Crippen LogP contribution in [-0.4, -0.2) is 56.5 Å². The van der Waals surface area contributed by atoms with Crippen molar-refractivity contribution in [2.24, 2.45) is 0 Å². The third kappa shape index (κ3) is 4.62. The van der Waals surface area contributed by atoms with Crippen LogP contribution < -0.4 is 10.2 Å². The zero-order chi connectivity index (χ0) is 22.8. The van der Waals surface area contributed by atoms with Gasteiger partial charge in [-0.3, -0.25) is 0 Å². The van der Waals surface area contributed by atoms with Crippen molar-refractivity contribution in [3.8, 4) is 11.1 Å². The summed E-state index contributed by atoms with van der Waals surface area (Å²) in [5.41, 5.74) is 0.296. The largest absolute Gasteiger partial charge is 0.476 e. The summed E-state index contributed by atoms with van der Waals surface area (Å²) in [6, 6.07) is 6.65. The van der Waals surface area contributed by atoms with E-state index < -0.39 is 17.6 Å². The van der Waals surface area contributed by atoms with Crippen LogP contribution in [0.15, 0.2) is 36.5 Å². The highest BCUT2D eigenvalue weighted by Crippen LogP contribution is 2.27. The van der Waals surface area contributed by atoms with Crippen molar-refractivity contribution in [2.45, 2.75) is 26.1 Å². The Morgan fingerprint density at radius 2 is 1.84 bits per heavy atom. The highest BCUT2D eigenvalue weighted by molar-refractivity contribution is 5.94. The van der Waals surface area contributed by atoms with Crippen molar-refractivity contribution in [2.75, 3.05) is 23.3 Å². The molecule has 1 fully saturated rings. The molecule has 0 radical (unpaired) electrons. The SMILES string of the molecule is C[C@@H]1CN(c2ncc(F)c(Nc3cc(-c4ccc(F)cc4)c(C(=O)O)nn3)n2)C[C@H](C)O1. The molecule has 11 heteroatoms. The van der Waals surface area contributed by atoms with Gasteiger partial charge in [0.2, 0.25) is 5.95 Å². The lowest BCUT2D eigenvalue weighted by Gasteiger charge is -2.35. The monoisotopic (exact) mass is 442 g/mol. The van der Waals surface area contributed by atoms with Crippen molar-refractivity contribution < 1.29 is 23.4 Å². The molecule has 166 valence electrons. The molecule has 3 aromatic rings. The van der Waals surface area contributed by atoms with Crippen LogP contribution >= 0.6 is 0 Å². The number of ether oxygens (including phenoxy) is 1. The van der Waals surface area contributed by atoms with E-state index in [2.05, 4.69) is 25.5 Å². The van der Waals surface area contributed by atoms with Crippen molar-refractivity contribution >= 4 is 23.6 Å². The molecule has 0 saturated carbocycles. The number of nitrogens with zero attached hydrogens (tertiary/aromatic N) is 5. The number of morpholine rings is 1. The molecule has 0 spiro atoms. The van der Waals surface area contributed by atoms with Crippen molar-refractivity contribution in [1.82, 2.24) is 20.2 Å². The number of hydrogen-bond acceptors (Lipinski definition) is 8. The lowest BCUT2D eigenvalue weighted by molar-refractivity contribution is -0.00572. The van der Waals surface area contributed by atoms with Gasteiger partial charge < -0.3 is 20.1 Å². The zero-order valence-corrected chi connectivity index (χ0v) is 17.3. The van der Waals surface area contributed by atoms with Crippen LogP contribution in [-0.2, 0) is 4.74 Å². The number of rotatable bonds is 5. The van der Waals surface area contributed by atoms with Crippen LogP contribution in [0.25, 0.3) is 11.1 Å². The third-order valence-corrected chi connectivity index (χ3v) is 4.83. The van der Waals surface area contributed by atoms with Gasteiger partial charge in [-0.15, -0.1) is 10.2 Å². The van der Waals surface area contributed by atoms with E-state index in [0.717, 1.165) is 6.20 Å². The van der Waals surface area contributed by atoms with Crippen molar-refractivity contribution in [3.63, 3.8) is 0 Å². The van der Waals surface area contributed by atoms with Crippen LogP contribution in [0.4, 0.5) is 26.4 Å². The third-order valence-electron chi connectivity index (χ3n) is 4.83. The van der Waals surface area contributed by atoms with Gasteiger partial charge in [-0.25, -0.2) is 18.6 Å². The Morgan fingerprint density at radius 3 is 2.50 bits per heavy atom. The number of aromatic carboxylic acids is 1. The number of hydrogen-bond donors (Lipinski definition) is 2. The first-order valence-electron chi connectivity index (χ1n) is 9.87. The standard InChI is InChI=1S/C21H20F2N6O3/c1-11-9-29(10-12(2)32-11)21-24-8-16(23)19(26-21)25-17-7-15(18(20(30)31)28-27-17)13-3-5-14(22)6-4-13/h3-8,11-12H,9-10H2,1-2H3,(H,30,31)(H,24,25,26,27)/t11-,12+. The Bertz CT molecular complexity index is 1130. The van der Waals surface area contributed by atoms with E-state index in [1.54, 1.807) is 0 Å². The molecule has 32 heavy (non-hydrogen) atoms. The second-order valence-corrected chi connectivity index (χ2v) is 7.46. The molecule has 1 aliphatic heterocycles. The van der Waals surface area contributed by atoms with Gasteiger partial charge in [0.1, 0.15) is 5.82 Å². The lowest BCUT2D eigenvalue weighted by atomic mass is 10.0. The predicted octanol–water partition coefficient (Wildman–Crippen LogP) is 3.27. The Kier molecular flexibility index (Phi) is 5.91. The van der Waals surface area contributed by atoms with Gasteiger partial charge in [0.25, 0.3) is 0 Å². The number of benzene rings is 1. The fourth-order valence-electron chi connectivity index (χ4n) is 3.52. The fourth-order valence-corrected chi connectivity index (χ4v) is 3.52. The minimum atomic E-state index is -1.30. The van der Waals surface area contributed by atoms with Crippen LogP contribution in [0.5, 0.6) is 0 Å². The number of nitrogens with one attached hydrogen (secondary N) is 1. The first-order chi connectivity index (χ1) is 15.3. The molecule has 2 atom stereocenters. The maximum atomic E-state index is 14.4. The summed E-state index contributed by atoms with van der Waals surface area (Å²) in [5, 5.41) is 19.7. The predicted molar refractivity (Wildman–Crippen MR) is 112 cm³/mol. The van der Waals surface area contributed by atoms with Gasteiger partial charge in [0.15, 0.2) is 23.1 Å². The molecule has 3 heterocycles. The second-order valence-electron chi connectivity index (χ2n) is 7.46. The van der Waals surface area contributed by atoms with E-state index in [-0.39, 0.29) is 35.1 Å². The van der Waals surface area contributed by atoms with Crippen LogP contribution in [0, 0.1) is 11.6 Å². The lowest BCUT2D eigenvalue weighted by Crippen LogP contribution is -2.46. The van der Waals surface area contributed by atoms with Gasteiger partial charge in [0.05, 0.1) is 18.4 Å². The number of halogens is 2. The summed E-state index contributed by atoms with van der Waals surface area (Å²) in [4.78, 5) is 21.8. The average Bonchev–Trinajstić information content (AvgIpc) is 2.75. The Labute approximate surface area is 182 Å². The molecule has 0 aliphatic carbocycles. The summed E-state index contributed by atoms with van der Waals surface area (Å²) in [7, 11) is 0. The zero-order valence-electron chi connectivity index (χ0n) is 17.3. The first-order valence-corrected chi connectivity index (χ1v) is 9.87. The number of anilines is 3. The summed E-state index contributed by atoms with van der Waals surface area (Å²) in [6.45, 7) is 4.97. The molecular weight excluding hydrogens is 422 g/mol. The maximum Gasteiger partial charge on any atom is 0.357 e. The normalized spacial score (nSPS) is 18.4. The average molecular weight is 442 g/mol. The van der Waals surface area contributed by atoms with Crippen LogP contribution in [0.2, 0.25) is 0 Å². The molecule has 0 unspecified atom stereocenters. The Hall–Kier alpha value is -3.73. The van der Waals surface area contributed by atoms with Gasteiger partial charge in [-0.1, -0.05) is 12.1 Å². The molecule has 1 aliphatic rings. The maximum absolute atomic E-state index is 14.4. The molecule has 0 bridgehead atoms. The first kappa shape index (κ1) is 21.5. The Morgan fingerprint density at radius 1 is 1.16 bits per heavy atom. The van der Waals surface area contributed by atoms with E-state index >= 15 is 0 Å². The number of carbonyl (C=O) groups is 1. The highest BCUT2D eigenvalue weighted by Gasteiger charge is 2.25.